The van der Waals surface area contributed by atoms with Gasteiger partial charge in [0.2, 0.25) is 0 Å². The van der Waals surface area contributed by atoms with Gasteiger partial charge in [0.15, 0.2) is 5.13 Å². The molecule has 0 aliphatic carbocycles. The smallest absolute Gasteiger partial charge is 0.185 e. The van der Waals surface area contributed by atoms with E-state index < -0.39 is 0 Å². The molecule has 1 heterocycles. The average Bonchev–Trinajstić information content (AvgIpc) is 2.93. The molecule has 0 radical (unpaired) electrons. The molecule has 0 aliphatic heterocycles. The summed E-state index contributed by atoms with van der Waals surface area (Å²) >= 11 is 1.74. The minimum atomic E-state index is 0.731. The Morgan fingerprint density at radius 3 is 2.71 bits per heavy atom. The van der Waals surface area contributed by atoms with Crippen molar-refractivity contribution in [2.24, 2.45) is 0 Å². The minimum absolute atomic E-state index is 0.731. The number of hydrogen-bond acceptors (Lipinski definition) is 5. The van der Waals surface area contributed by atoms with Crippen LogP contribution in [-0.4, -0.2) is 38.8 Å². The van der Waals surface area contributed by atoms with Crippen molar-refractivity contribution < 1.29 is 4.74 Å². The van der Waals surface area contributed by atoms with Crippen LogP contribution in [0.15, 0.2) is 30.3 Å². The zero-order valence-electron chi connectivity index (χ0n) is 12.9. The number of likely N-dealkylation sites (N-methyl/N-ethyl adjacent to an activating group) is 1. The minimum Gasteiger partial charge on any atom is -0.380 e. The van der Waals surface area contributed by atoms with Crippen molar-refractivity contribution in [2.45, 2.75) is 13.5 Å². The molecule has 1 aromatic heterocycles. The first-order valence-electron chi connectivity index (χ1n) is 7.24. The van der Waals surface area contributed by atoms with Gasteiger partial charge in [-0.2, -0.15) is 0 Å². The van der Waals surface area contributed by atoms with Crippen LogP contribution >= 0.6 is 11.3 Å². The van der Waals surface area contributed by atoms with Crippen molar-refractivity contribution in [1.82, 2.24) is 10.3 Å². The molecule has 0 saturated heterocycles. The maximum Gasteiger partial charge on any atom is 0.185 e. The number of thiazole rings is 1. The van der Waals surface area contributed by atoms with Crippen molar-refractivity contribution >= 4 is 16.5 Å². The molecule has 21 heavy (non-hydrogen) atoms. The summed E-state index contributed by atoms with van der Waals surface area (Å²) in [5.74, 6) is 0. The Morgan fingerprint density at radius 1 is 1.29 bits per heavy atom. The third kappa shape index (κ3) is 4.27. The fraction of sp³-hybridized carbons (Fsp3) is 0.438. The van der Waals surface area contributed by atoms with Crippen LogP contribution in [0.3, 0.4) is 0 Å². The molecule has 0 bridgehead atoms. The zero-order chi connectivity index (χ0) is 15.1. The summed E-state index contributed by atoms with van der Waals surface area (Å²) in [7, 11) is 4.03. The Hall–Kier alpha value is -1.43. The third-order valence-corrected chi connectivity index (χ3v) is 4.34. The van der Waals surface area contributed by atoms with Gasteiger partial charge in [-0.3, -0.25) is 0 Å². The van der Waals surface area contributed by atoms with Gasteiger partial charge in [-0.15, -0.1) is 0 Å². The molecule has 0 unspecified atom stereocenters. The molecule has 1 N–H and O–H groups in total. The molecule has 0 amide bonds. The van der Waals surface area contributed by atoms with E-state index in [9.17, 15) is 0 Å². The molecular formula is C16H23N3OS. The fourth-order valence-electron chi connectivity index (χ4n) is 2.05. The van der Waals surface area contributed by atoms with Gasteiger partial charge in [0.1, 0.15) is 0 Å². The standard InChI is InChI=1S/C16H23N3OS/c1-4-20-11-10-19(3)16-18-15(14(21-16)12-17-2)13-8-6-5-7-9-13/h5-9,17H,4,10-12H2,1-3H3. The van der Waals surface area contributed by atoms with Gasteiger partial charge >= 0.3 is 0 Å². The van der Waals surface area contributed by atoms with Gasteiger partial charge in [0, 0.05) is 37.2 Å². The number of aromatic nitrogens is 1. The molecule has 114 valence electrons. The predicted molar refractivity (Wildman–Crippen MR) is 90.1 cm³/mol. The molecule has 2 rings (SSSR count). The van der Waals surface area contributed by atoms with Crippen LogP contribution in [-0.2, 0) is 11.3 Å². The van der Waals surface area contributed by atoms with Crippen LogP contribution in [0.5, 0.6) is 0 Å². The molecule has 0 atom stereocenters. The van der Waals surface area contributed by atoms with Crippen molar-refractivity contribution in [3.05, 3.63) is 35.2 Å². The second-order valence-electron chi connectivity index (χ2n) is 4.78. The number of rotatable bonds is 8. The molecule has 0 aliphatic rings. The van der Waals surface area contributed by atoms with Crippen LogP contribution in [0.1, 0.15) is 11.8 Å². The van der Waals surface area contributed by atoms with Gasteiger partial charge in [-0.1, -0.05) is 41.7 Å². The highest BCUT2D eigenvalue weighted by Crippen LogP contribution is 2.32. The van der Waals surface area contributed by atoms with Gasteiger partial charge < -0.3 is 15.0 Å². The monoisotopic (exact) mass is 305 g/mol. The molecule has 0 fully saturated rings. The van der Waals surface area contributed by atoms with E-state index >= 15 is 0 Å². The van der Waals surface area contributed by atoms with Crippen molar-refractivity contribution in [3.63, 3.8) is 0 Å². The Balaban J connectivity index is 2.20. The van der Waals surface area contributed by atoms with Crippen molar-refractivity contribution in [1.29, 1.82) is 0 Å². The number of nitrogens with zero attached hydrogens (tertiary/aromatic N) is 2. The first kappa shape index (κ1) is 15.9. The Morgan fingerprint density at radius 2 is 2.05 bits per heavy atom. The van der Waals surface area contributed by atoms with Gasteiger partial charge in [-0.05, 0) is 14.0 Å². The Kier molecular flexibility index (Phi) is 6.17. The normalized spacial score (nSPS) is 10.8. The number of ether oxygens (including phenoxy) is 1. The topological polar surface area (TPSA) is 37.4 Å². The fourth-order valence-corrected chi connectivity index (χ4v) is 3.13. The summed E-state index contributed by atoms with van der Waals surface area (Å²) < 4.78 is 5.42. The molecule has 5 heteroatoms. The highest BCUT2D eigenvalue weighted by atomic mass is 32.1. The van der Waals surface area contributed by atoms with Gasteiger partial charge in [-0.25, -0.2) is 4.98 Å². The lowest BCUT2D eigenvalue weighted by Crippen LogP contribution is -2.22. The highest BCUT2D eigenvalue weighted by Gasteiger charge is 2.14. The van der Waals surface area contributed by atoms with Crippen LogP contribution in [0.2, 0.25) is 0 Å². The number of benzene rings is 1. The molecule has 0 spiro atoms. The lowest BCUT2D eigenvalue weighted by atomic mass is 10.1. The summed E-state index contributed by atoms with van der Waals surface area (Å²) in [5, 5.41) is 4.27. The molecule has 1 aromatic carbocycles. The second kappa shape index (κ2) is 8.12. The number of hydrogen-bond donors (Lipinski definition) is 1. The van der Waals surface area contributed by atoms with Crippen molar-refractivity contribution in [3.8, 4) is 11.3 Å². The van der Waals surface area contributed by atoms with E-state index in [4.69, 9.17) is 9.72 Å². The summed E-state index contributed by atoms with van der Waals surface area (Å²) in [6.07, 6.45) is 0. The van der Waals surface area contributed by atoms with E-state index in [1.807, 2.05) is 20.0 Å². The van der Waals surface area contributed by atoms with Crippen LogP contribution in [0.25, 0.3) is 11.3 Å². The molecule has 4 nitrogen and oxygen atoms in total. The summed E-state index contributed by atoms with van der Waals surface area (Å²) in [5.41, 5.74) is 2.25. The lowest BCUT2D eigenvalue weighted by molar-refractivity contribution is 0.154. The molecular weight excluding hydrogens is 282 g/mol. The quantitative estimate of drug-likeness (QED) is 0.761. The highest BCUT2D eigenvalue weighted by molar-refractivity contribution is 7.16. The van der Waals surface area contributed by atoms with Gasteiger partial charge in [0.25, 0.3) is 0 Å². The van der Waals surface area contributed by atoms with Gasteiger partial charge in [0.05, 0.1) is 12.3 Å². The molecule has 2 aromatic rings. The first-order chi connectivity index (χ1) is 10.3. The predicted octanol–water partition coefficient (Wildman–Crippen LogP) is 3.00. The SMILES string of the molecule is CCOCCN(C)c1nc(-c2ccccc2)c(CNC)s1. The van der Waals surface area contributed by atoms with Crippen molar-refractivity contribution in [2.75, 3.05) is 38.8 Å². The van der Waals surface area contributed by atoms with E-state index in [-0.39, 0.29) is 0 Å². The van der Waals surface area contributed by atoms with Crippen LogP contribution in [0.4, 0.5) is 5.13 Å². The maximum atomic E-state index is 5.42. The lowest BCUT2D eigenvalue weighted by Gasteiger charge is -2.15. The van der Waals surface area contributed by atoms with E-state index in [1.165, 1.54) is 10.4 Å². The largest absolute Gasteiger partial charge is 0.380 e. The van der Waals surface area contributed by atoms with E-state index in [0.29, 0.717) is 0 Å². The average molecular weight is 305 g/mol. The van der Waals surface area contributed by atoms with E-state index in [2.05, 4.69) is 41.5 Å². The maximum absolute atomic E-state index is 5.42. The van der Waals surface area contributed by atoms with E-state index in [1.54, 1.807) is 11.3 Å². The molecule has 0 saturated carbocycles. The second-order valence-corrected chi connectivity index (χ2v) is 5.85. The number of anilines is 1. The van der Waals surface area contributed by atoms with Crippen LogP contribution < -0.4 is 10.2 Å². The van der Waals surface area contributed by atoms with E-state index in [0.717, 1.165) is 37.1 Å². The Labute approximate surface area is 130 Å². The van der Waals surface area contributed by atoms with Crippen LogP contribution in [0, 0.1) is 0 Å². The third-order valence-electron chi connectivity index (χ3n) is 3.17. The Bertz CT molecular complexity index is 542. The zero-order valence-corrected chi connectivity index (χ0v) is 13.7. The summed E-state index contributed by atoms with van der Waals surface area (Å²) in [6, 6.07) is 10.4. The summed E-state index contributed by atoms with van der Waals surface area (Å²) in [6.45, 7) is 5.19. The number of nitrogens with one attached hydrogen (secondary N) is 1. The first-order valence-corrected chi connectivity index (χ1v) is 8.06. The summed E-state index contributed by atoms with van der Waals surface area (Å²) in [4.78, 5) is 8.25.